The molecule has 6 heteroatoms. The summed E-state index contributed by atoms with van der Waals surface area (Å²) >= 11 is 6.80. The Labute approximate surface area is 149 Å². The molecule has 3 aromatic rings. The lowest BCUT2D eigenvalue weighted by atomic mass is 10.1. The molecule has 2 aromatic carbocycles. The lowest BCUT2D eigenvalue weighted by Crippen LogP contribution is -2.01. The second-order valence-electron chi connectivity index (χ2n) is 4.81. The molecule has 0 saturated carbocycles. The van der Waals surface area contributed by atoms with Gasteiger partial charge in [-0.3, -0.25) is 4.79 Å². The van der Waals surface area contributed by atoms with Crippen LogP contribution in [0.5, 0.6) is 11.5 Å². The summed E-state index contributed by atoms with van der Waals surface area (Å²) in [5.41, 5.74) is 1.12. The summed E-state index contributed by atoms with van der Waals surface area (Å²) < 4.78 is 17.9. The van der Waals surface area contributed by atoms with Gasteiger partial charge in [-0.15, -0.1) is 0 Å². The topological polar surface area (TPSA) is 48.7 Å². The number of hydrogen-bond donors (Lipinski definition) is 0. The Bertz CT molecular complexity index is 947. The van der Waals surface area contributed by atoms with E-state index in [0.29, 0.717) is 32.7 Å². The SMILES string of the molecule is COc1ccc(-c2cc(=O)c3c(Br)cc(Br)cc3o2)cc1OC. The van der Waals surface area contributed by atoms with E-state index < -0.39 is 0 Å². The van der Waals surface area contributed by atoms with Crippen molar-refractivity contribution in [1.82, 2.24) is 0 Å². The molecule has 0 aliphatic heterocycles. The first-order valence-corrected chi connectivity index (χ1v) is 8.27. The Hall–Kier alpha value is -1.79. The third kappa shape index (κ3) is 3.01. The molecule has 0 N–H and O–H groups in total. The van der Waals surface area contributed by atoms with Gasteiger partial charge < -0.3 is 13.9 Å². The Kier molecular flexibility index (Phi) is 4.46. The van der Waals surface area contributed by atoms with Crippen molar-refractivity contribution in [3.05, 3.63) is 55.6 Å². The first-order valence-electron chi connectivity index (χ1n) is 6.69. The average Bonchev–Trinajstić information content (AvgIpc) is 2.52. The fourth-order valence-corrected chi connectivity index (χ4v) is 3.72. The Morgan fingerprint density at radius 2 is 1.70 bits per heavy atom. The number of halogens is 2. The Morgan fingerprint density at radius 1 is 0.957 bits per heavy atom. The first kappa shape index (κ1) is 16.1. The quantitative estimate of drug-likeness (QED) is 0.576. The highest BCUT2D eigenvalue weighted by Crippen LogP contribution is 2.34. The van der Waals surface area contributed by atoms with Crippen LogP contribution in [0.4, 0.5) is 0 Å². The summed E-state index contributed by atoms with van der Waals surface area (Å²) in [6.07, 6.45) is 0. The van der Waals surface area contributed by atoms with Crippen molar-refractivity contribution in [2.45, 2.75) is 0 Å². The highest BCUT2D eigenvalue weighted by atomic mass is 79.9. The zero-order chi connectivity index (χ0) is 16.6. The number of benzene rings is 2. The summed E-state index contributed by atoms with van der Waals surface area (Å²) in [4.78, 5) is 12.4. The van der Waals surface area contributed by atoms with Gasteiger partial charge in [-0.1, -0.05) is 15.9 Å². The van der Waals surface area contributed by atoms with E-state index in [1.54, 1.807) is 32.4 Å². The molecule has 4 nitrogen and oxygen atoms in total. The van der Waals surface area contributed by atoms with Crippen LogP contribution in [0.15, 0.2) is 54.6 Å². The molecule has 118 valence electrons. The minimum Gasteiger partial charge on any atom is -0.493 e. The third-order valence-electron chi connectivity index (χ3n) is 3.42. The van der Waals surface area contributed by atoms with Crippen molar-refractivity contribution in [2.75, 3.05) is 14.2 Å². The van der Waals surface area contributed by atoms with Crippen LogP contribution in [-0.2, 0) is 0 Å². The molecule has 0 unspecified atom stereocenters. The zero-order valence-corrected chi connectivity index (χ0v) is 15.5. The zero-order valence-electron chi connectivity index (χ0n) is 12.4. The number of fused-ring (bicyclic) bond motifs is 1. The fourth-order valence-electron chi connectivity index (χ4n) is 2.34. The van der Waals surface area contributed by atoms with Crippen LogP contribution in [0, 0.1) is 0 Å². The van der Waals surface area contributed by atoms with Gasteiger partial charge in [0.15, 0.2) is 16.9 Å². The number of ether oxygens (including phenoxy) is 2. The normalized spacial score (nSPS) is 10.8. The van der Waals surface area contributed by atoms with Gasteiger partial charge in [-0.05, 0) is 46.3 Å². The lowest BCUT2D eigenvalue weighted by molar-refractivity contribution is 0.355. The van der Waals surface area contributed by atoms with Gasteiger partial charge >= 0.3 is 0 Å². The molecule has 0 aliphatic carbocycles. The average molecular weight is 440 g/mol. The van der Waals surface area contributed by atoms with Crippen LogP contribution < -0.4 is 14.9 Å². The maximum absolute atomic E-state index is 12.4. The predicted molar refractivity (Wildman–Crippen MR) is 96.4 cm³/mol. The number of hydrogen-bond acceptors (Lipinski definition) is 4. The van der Waals surface area contributed by atoms with Gasteiger partial charge in [0.25, 0.3) is 0 Å². The number of rotatable bonds is 3. The smallest absolute Gasteiger partial charge is 0.194 e. The molecular formula is C17H12Br2O4. The fraction of sp³-hybridized carbons (Fsp3) is 0.118. The van der Waals surface area contributed by atoms with Crippen molar-refractivity contribution >= 4 is 42.8 Å². The first-order chi connectivity index (χ1) is 11.0. The van der Waals surface area contributed by atoms with Crippen LogP contribution in [0.3, 0.4) is 0 Å². The second-order valence-corrected chi connectivity index (χ2v) is 6.58. The van der Waals surface area contributed by atoms with Gasteiger partial charge in [0.2, 0.25) is 0 Å². The Morgan fingerprint density at radius 3 is 2.39 bits per heavy atom. The molecule has 1 aromatic heterocycles. The summed E-state index contributed by atoms with van der Waals surface area (Å²) in [6.45, 7) is 0. The summed E-state index contributed by atoms with van der Waals surface area (Å²) in [6, 6.07) is 10.4. The van der Waals surface area contributed by atoms with Crippen LogP contribution in [0.25, 0.3) is 22.3 Å². The molecule has 0 saturated heterocycles. The molecule has 0 bridgehead atoms. The van der Waals surface area contributed by atoms with Crippen LogP contribution >= 0.6 is 31.9 Å². The van der Waals surface area contributed by atoms with E-state index in [4.69, 9.17) is 13.9 Å². The van der Waals surface area contributed by atoms with Gasteiger partial charge in [0.05, 0.1) is 19.6 Å². The maximum Gasteiger partial charge on any atom is 0.194 e. The van der Waals surface area contributed by atoms with Gasteiger partial charge in [0.1, 0.15) is 11.3 Å². The molecular weight excluding hydrogens is 428 g/mol. The van der Waals surface area contributed by atoms with E-state index in [9.17, 15) is 4.79 Å². The van der Waals surface area contributed by atoms with Crippen LogP contribution in [-0.4, -0.2) is 14.2 Å². The van der Waals surface area contributed by atoms with E-state index in [2.05, 4.69) is 31.9 Å². The van der Waals surface area contributed by atoms with Crippen LogP contribution in [0.1, 0.15) is 0 Å². The summed E-state index contributed by atoms with van der Waals surface area (Å²) in [7, 11) is 3.13. The van der Waals surface area contributed by atoms with Crippen molar-refractivity contribution in [1.29, 1.82) is 0 Å². The van der Waals surface area contributed by atoms with Crippen LogP contribution in [0.2, 0.25) is 0 Å². The molecule has 0 radical (unpaired) electrons. The van der Waals surface area contributed by atoms with Gasteiger partial charge in [-0.2, -0.15) is 0 Å². The number of methoxy groups -OCH3 is 2. The largest absolute Gasteiger partial charge is 0.493 e. The van der Waals surface area contributed by atoms with E-state index >= 15 is 0 Å². The molecule has 0 atom stereocenters. The third-order valence-corrected chi connectivity index (χ3v) is 4.50. The molecule has 0 amide bonds. The second kappa shape index (κ2) is 6.37. The maximum atomic E-state index is 12.4. The van der Waals surface area contributed by atoms with E-state index in [0.717, 1.165) is 10.0 Å². The molecule has 23 heavy (non-hydrogen) atoms. The lowest BCUT2D eigenvalue weighted by Gasteiger charge is -2.10. The van der Waals surface area contributed by atoms with Crippen molar-refractivity contribution in [3.8, 4) is 22.8 Å². The highest BCUT2D eigenvalue weighted by Gasteiger charge is 2.13. The molecule has 0 fully saturated rings. The summed E-state index contributed by atoms with van der Waals surface area (Å²) in [5.74, 6) is 1.65. The van der Waals surface area contributed by atoms with Gasteiger partial charge in [-0.25, -0.2) is 0 Å². The molecule has 0 aliphatic rings. The molecule has 0 spiro atoms. The van der Waals surface area contributed by atoms with Crippen molar-refractivity contribution in [3.63, 3.8) is 0 Å². The van der Waals surface area contributed by atoms with Gasteiger partial charge in [0, 0.05) is 20.6 Å². The van der Waals surface area contributed by atoms with E-state index in [-0.39, 0.29) is 5.43 Å². The molecule has 3 rings (SSSR count). The molecule has 1 heterocycles. The van der Waals surface area contributed by atoms with Crippen molar-refractivity contribution < 1.29 is 13.9 Å². The van der Waals surface area contributed by atoms with E-state index in [1.165, 1.54) is 6.07 Å². The monoisotopic (exact) mass is 438 g/mol. The minimum absolute atomic E-state index is 0.115. The van der Waals surface area contributed by atoms with E-state index in [1.807, 2.05) is 12.1 Å². The highest BCUT2D eigenvalue weighted by molar-refractivity contribution is 9.11. The van der Waals surface area contributed by atoms with Crippen molar-refractivity contribution in [2.24, 2.45) is 0 Å². The minimum atomic E-state index is -0.115. The summed E-state index contributed by atoms with van der Waals surface area (Å²) in [5, 5.41) is 0.512. The standard InChI is InChI=1S/C17H12Br2O4/c1-21-13-4-3-9(5-15(13)22-2)14-8-12(20)17-11(19)6-10(18)7-16(17)23-14/h3-8H,1-2H3. The predicted octanol–water partition coefficient (Wildman–Crippen LogP) is 5.00. The Balaban J connectivity index is 2.23.